The van der Waals surface area contributed by atoms with Gasteiger partial charge in [-0.2, -0.15) is 0 Å². The fourth-order valence-electron chi connectivity index (χ4n) is 3.55. The highest BCUT2D eigenvalue weighted by atomic mass is 16.3. The van der Waals surface area contributed by atoms with Gasteiger partial charge in [0.25, 0.3) is 0 Å². The first-order valence-corrected chi connectivity index (χ1v) is 9.04. The smallest absolute Gasteiger partial charge is 0.203 e. The van der Waals surface area contributed by atoms with E-state index in [-0.39, 0.29) is 5.88 Å². The number of rotatable bonds is 4. The standard InChI is InChI=1S/C22H23N3O/c1-3-14(2)16-10-7-11-17-20(23)19-18(24-21(16)17)13-25(22(19)26)12-15-8-5-4-6-9-15/h4-11,13-14,26H,3,12,23H2,1-2H3. The minimum absolute atomic E-state index is 0.171. The topological polar surface area (TPSA) is 64.1 Å². The van der Waals surface area contributed by atoms with Gasteiger partial charge in [0.2, 0.25) is 5.88 Å². The third-order valence-corrected chi connectivity index (χ3v) is 5.23. The van der Waals surface area contributed by atoms with Crippen molar-refractivity contribution in [3.8, 4) is 5.88 Å². The van der Waals surface area contributed by atoms with E-state index in [2.05, 4.69) is 19.9 Å². The lowest BCUT2D eigenvalue weighted by atomic mass is 9.95. The van der Waals surface area contributed by atoms with E-state index in [0.29, 0.717) is 23.5 Å². The van der Waals surface area contributed by atoms with Gasteiger partial charge in [-0.15, -0.1) is 0 Å². The molecule has 0 saturated heterocycles. The van der Waals surface area contributed by atoms with Gasteiger partial charge in [-0.05, 0) is 23.5 Å². The van der Waals surface area contributed by atoms with Crippen LogP contribution >= 0.6 is 0 Å². The molecule has 0 amide bonds. The van der Waals surface area contributed by atoms with E-state index in [1.54, 1.807) is 0 Å². The Kier molecular flexibility index (Phi) is 4.03. The zero-order chi connectivity index (χ0) is 18.3. The molecule has 3 N–H and O–H groups in total. The highest BCUT2D eigenvalue weighted by molar-refractivity contribution is 6.09. The minimum atomic E-state index is 0.171. The van der Waals surface area contributed by atoms with Crippen LogP contribution in [0.5, 0.6) is 5.88 Å². The Morgan fingerprint density at radius 3 is 2.62 bits per heavy atom. The largest absolute Gasteiger partial charge is 0.494 e. The predicted molar refractivity (Wildman–Crippen MR) is 108 cm³/mol. The normalized spacial score (nSPS) is 12.7. The quantitative estimate of drug-likeness (QED) is 0.545. The van der Waals surface area contributed by atoms with Crippen molar-refractivity contribution < 1.29 is 5.11 Å². The van der Waals surface area contributed by atoms with Crippen LogP contribution < -0.4 is 5.73 Å². The van der Waals surface area contributed by atoms with Crippen molar-refractivity contribution >= 4 is 27.5 Å². The van der Waals surface area contributed by atoms with Crippen molar-refractivity contribution in [1.29, 1.82) is 0 Å². The molecule has 4 rings (SSSR count). The van der Waals surface area contributed by atoms with Crippen molar-refractivity contribution in [3.63, 3.8) is 0 Å². The van der Waals surface area contributed by atoms with Crippen LogP contribution in [0.25, 0.3) is 21.8 Å². The molecule has 1 atom stereocenters. The maximum Gasteiger partial charge on any atom is 0.203 e. The summed E-state index contributed by atoms with van der Waals surface area (Å²) in [7, 11) is 0. The van der Waals surface area contributed by atoms with Gasteiger partial charge in [0.05, 0.1) is 28.7 Å². The Labute approximate surface area is 152 Å². The second-order valence-electron chi connectivity index (χ2n) is 6.90. The number of benzene rings is 2. The van der Waals surface area contributed by atoms with Crippen LogP contribution in [0.1, 0.15) is 37.3 Å². The summed E-state index contributed by atoms with van der Waals surface area (Å²) < 4.78 is 1.81. The van der Waals surface area contributed by atoms with Crippen molar-refractivity contribution in [1.82, 2.24) is 9.55 Å². The van der Waals surface area contributed by atoms with E-state index in [1.807, 2.05) is 53.2 Å². The van der Waals surface area contributed by atoms with Crippen LogP contribution in [0.15, 0.2) is 54.7 Å². The summed E-state index contributed by atoms with van der Waals surface area (Å²) in [6.07, 6.45) is 2.93. The lowest BCUT2D eigenvalue weighted by Crippen LogP contribution is -1.98. The maximum atomic E-state index is 10.8. The zero-order valence-corrected chi connectivity index (χ0v) is 15.1. The van der Waals surface area contributed by atoms with Crippen molar-refractivity contribution in [2.24, 2.45) is 0 Å². The number of hydrogen-bond acceptors (Lipinski definition) is 3. The van der Waals surface area contributed by atoms with Crippen LogP contribution in [0.4, 0.5) is 5.69 Å². The highest BCUT2D eigenvalue weighted by Crippen LogP contribution is 2.38. The molecule has 0 bridgehead atoms. The van der Waals surface area contributed by atoms with Crippen molar-refractivity contribution in [2.75, 3.05) is 5.73 Å². The third-order valence-electron chi connectivity index (χ3n) is 5.23. The van der Waals surface area contributed by atoms with Gasteiger partial charge in [0, 0.05) is 11.6 Å². The summed E-state index contributed by atoms with van der Waals surface area (Å²) in [4.78, 5) is 4.87. The molecule has 132 valence electrons. The van der Waals surface area contributed by atoms with Gasteiger partial charge in [0.15, 0.2) is 0 Å². The third kappa shape index (κ3) is 2.58. The number of hydrogen-bond donors (Lipinski definition) is 2. The Balaban J connectivity index is 1.93. The average molecular weight is 345 g/mol. The Hall–Kier alpha value is -3.01. The Bertz CT molecular complexity index is 1080. The molecule has 0 saturated carbocycles. The molecule has 0 aliphatic heterocycles. The molecule has 26 heavy (non-hydrogen) atoms. The van der Waals surface area contributed by atoms with Crippen LogP contribution in [0.2, 0.25) is 0 Å². The second kappa shape index (κ2) is 6.37. The van der Waals surface area contributed by atoms with Crippen LogP contribution in [0, 0.1) is 0 Å². The lowest BCUT2D eigenvalue weighted by Gasteiger charge is -2.13. The summed E-state index contributed by atoms with van der Waals surface area (Å²) >= 11 is 0. The average Bonchev–Trinajstić information content (AvgIpc) is 2.97. The number of nitrogens with zero attached hydrogens (tertiary/aromatic N) is 2. The van der Waals surface area contributed by atoms with E-state index >= 15 is 0 Å². The summed E-state index contributed by atoms with van der Waals surface area (Å²) in [5.74, 6) is 0.577. The van der Waals surface area contributed by atoms with Crippen molar-refractivity contribution in [3.05, 3.63) is 65.9 Å². The number of nitrogen functional groups attached to an aromatic ring is 1. The first-order chi connectivity index (χ1) is 12.6. The molecule has 0 fully saturated rings. The minimum Gasteiger partial charge on any atom is -0.494 e. The molecule has 1 unspecified atom stereocenters. The van der Waals surface area contributed by atoms with Crippen LogP contribution in [-0.4, -0.2) is 14.7 Å². The molecule has 2 aromatic carbocycles. The Morgan fingerprint density at radius 1 is 1.12 bits per heavy atom. The first kappa shape index (κ1) is 16.5. The number of para-hydroxylation sites is 1. The van der Waals surface area contributed by atoms with Crippen LogP contribution in [0.3, 0.4) is 0 Å². The van der Waals surface area contributed by atoms with Gasteiger partial charge in [0.1, 0.15) is 0 Å². The van der Waals surface area contributed by atoms with E-state index in [0.717, 1.165) is 28.4 Å². The molecular formula is C22H23N3O. The highest BCUT2D eigenvalue weighted by Gasteiger charge is 2.18. The van der Waals surface area contributed by atoms with E-state index in [9.17, 15) is 5.11 Å². The monoisotopic (exact) mass is 345 g/mol. The predicted octanol–water partition coefficient (Wildman–Crippen LogP) is 5.04. The molecule has 0 radical (unpaired) electrons. The summed E-state index contributed by atoms with van der Waals surface area (Å²) in [6, 6.07) is 16.2. The maximum absolute atomic E-state index is 10.8. The molecule has 2 aromatic heterocycles. The molecular weight excluding hydrogens is 322 g/mol. The summed E-state index contributed by atoms with van der Waals surface area (Å²) in [6.45, 7) is 4.96. The van der Waals surface area contributed by atoms with E-state index in [4.69, 9.17) is 10.7 Å². The number of nitrogens with two attached hydrogens (primary N) is 1. The van der Waals surface area contributed by atoms with Gasteiger partial charge in [-0.1, -0.05) is 62.4 Å². The lowest BCUT2D eigenvalue weighted by molar-refractivity contribution is 0.430. The first-order valence-electron chi connectivity index (χ1n) is 9.04. The molecule has 0 aliphatic rings. The number of aromatic nitrogens is 2. The van der Waals surface area contributed by atoms with Gasteiger partial charge >= 0.3 is 0 Å². The number of fused-ring (bicyclic) bond motifs is 2. The molecule has 4 aromatic rings. The van der Waals surface area contributed by atoms with Crippen LogP contribution in [-0.2, 0) is 6.54 Å². The fourth-order valence-corrected chi connectivity index (χ4v) is 3.55. The van der Waals surface area contributed by atoms with Gasteiger partial charge in [-0.25, -0.2) is 4.98 Å². The molecule has 4 heteroatoms. The molecule has 0 spiro atoms. The fraction of sp³-hybridized carbons (Fsp3) is 0.227. The second-order valence-corrected chi connectivity index (χ2v) is 6.90. The number of anilines is 1. The Morgan fingerprint density at radius 2 is 1.88 bits per heavy atom. The van der Waals surface area contributed by atoms with Gasteiger partial charge < -0.3 is 15.4 Å². The molecule has 2 heterocycles. The SMILES string of the molecule is CCC(C)c1cccc2c(N)c3c(O)n(Cc4ccccc4)cc3nc12. The zero-order valence-electron chi connectivity index (χ0n) is 15.1. The van der Waals surface area contributed by atoms with Crippen molar-refractivity contribution in [2.45, 2.75) is 32.7 Å². The summed E-state index contributed by atoms with van der Waals surface area (Å²) in [5.41, 5.74) is 11.0. The van der Waals surface area contributed by atoms with Gasteiger partial charge in [-0.3, -0.25) is 0 Å². The number of aromatic hydroxyl groups is 1. The summed E-state index contributed by atoms with van der Waals surface area (Å²) in [5, 5.41) is 12.3. The number of pyridine rings is 1. The molecule has 4 nitrogen and oxygen atoms in total. The van der Waals surface area contributed by atoms with E-state index < -0.39 is 0 Å². The van der Waals surface area contributed by atoms with E-state index in [1.165, 1.54) is 5.56 Å². The molecule has 0 aliphatic carbocycles.